The van der Waals surface area contributed by atoms with Crippen molar-refractivity contribution in [1.29, 1.82) is 0 Å². The molecule has 1 nitrogen and oxygen atoms in total. The second kappa shape index (κ2) is 19.5. The van der Waals surface area contributed by atoms with E-state index in [1.165, 1.54) is 144 Å². The maximum atomic E-state index is 2.70. The average molecular weight is 1010 g/mol. The number of hydrogen-bond donors (Lipinski definition) is 0. The molecule has 0 saturated carbocycles. The second-order valence-corrected chi connectivity index (χ2v) is 21.6. The Hall–Kier alpha value is -9.50. The highest BCUT2D eigenvalue weighted by Gasteiger charge is 2.44. The number of nitrogens with zero attached hydrogens (tertiary/aromatic N) is 1. The smallest absolute Gasteiger partial charge is 0.248 e. The predicted molar refractivity (Wildman–Crippen MR) is 339 cm³/mol. The third-order valence-electron chi connectivity index (χ3n) is 16.9. The van der Waals surface area contributed by atoms with E-state index in [0.717, 1.165) is 0 Å². The molecule has 0 radical (unpaired) electrons. The van der Waals surface area contributed by atoms with Gasteiger partial charge in [0.1, 0.15) is 0 Å². The van der Waals surface area contributed by atoms with Crippen LogP contribution in [0.5, 0.6) is 0 Å². The number of rotatable bonds is 9. The quantitative estimate of drug-likeness (QED) is 0.127. The summed E-state index contributed by atoms with van der Waals surface area (Å²) in [6.45, 7) is 8.80. The zero-order valence-corrected chi connectivity index (χ0v) is 45.1. The van der Waals surface area contributed by atoms with E-state index in [2.05, 4.69) is 297 Å². The highest BCUT2D eigenvalue weighted by molar-refractivity contribution is 6.99. The minimum atomic E-state index is -0.383. The molecule has 0 bridgehead atoms. The lowest BCUT2D eigenvalue weighted by molar-refractivity contribution is 0.631. The van der Waals surface area contributed by atoms with Crippen LogP contribution >= 0.6 is 0 Å². The molecule has 0 aliphatic carbocycles. The molecule has 0 N–H and O–H groups in total. The van der Waals surface area contributed by atoms with Crippen LogP contribution in [0.2, 0.25) is 0 Å². The Balaban J connectivity index is 0.00000279. The van der Waals surface area contributed by atoms with Gasteiger partial charge in [-0.15, -0.1) is 0 Å². The molecule has 1 aromatic heterocycles. The minimum absolute atomic E-state index is 0.149. The van der Waals surface area contributed by atoms with Crippen LogP contribution in [0, 0.1) is 0 Å². The second-order valence-electron chi connectivity index (χ2n) is 21.6. The average Bonchev–Trinajstić information content (AvgIpc) is 2.20. The highest BCUT2D eigenvalue weighted by Crippen LogP contribution is 2.51. The summed E-state index contributed by atoms with van der Waals surface area (Å²) in [4.78, 5) is 0. The van der Waals surface area contributed by atoms with Gasteiger partial charge >= 0.3 is 0 Å². The van der Waals surface area contributed by atoms with E-state index in [-0.39, 0.29) is 12.1 Å². The third-order valence-corrected chi connectivity index (χ3v) is 16.9. The Bertz CT molecular complexity index is 4330. The van der Waals surface area contributed by atoms with Gasteiger partial charge in [0.15, 0.2) is 0 Å². The molecule has 2 aliphatic heterocycles. The molecule has 2 aliphatic rings. The summed E-state index contributed by atoms with van der Waals surface area (Å²) in [5, 5.41) is 2.57. The Kier molecular flexibility index (Phi) is 11.8. The van der Waals surface area contributed by atoms with E-state index in [1.54, 1.807) is 0 Å². The van der Waals surface area contributed by atoms with Crippen LogP contribution in [0.15, 0.2) is 279 Å². The summed E-state index contributed by atoms with van der Waals surface area (Å²) in [5.74, 6) is 0. The minimum Gasteiger partial charge on any atom is -0.310 e. The van der Waals surface area contributed by atoms with Gasteiger partial charge in [-0.1, -0.05) is 288 Å². The van der Waals surface area contributed by atoms with Crippen LogP contribution in [0.1, 0.15) is 38.8 Å². The lowest BCUT2D eigenvalue weighted by Crippen LogP contribution is -2.58. The molecule has 12 aromatic carbocycles. The molecule has 13 aromatic rings. The molecule has 0 amide bonds. The summed E-state index contributed by atoms with van der Waals surface area (Å²) in [7, 11) is 0. The fourth-order valence-electron chi connectivity index (χ4n) is 13.0. The van der Waals surface area contributed by atoms with Gasteiger partial charge in [0.05, 0.1) is 5.52 Å². The number of aromatic nitrogens is 1. The van der Waals surface area contributed by atoms with Crippen molar-refractivity contribution in [3.63, 3.8) is 0 Å². The molecule has 79 heavy (non-hydrogen) atoms. The molecule has 15 rings (SSSR count). The number of hydrogen-bond acceptors (Lipinski definition) is 0. The third kappa shape index (κ3) is 8.01. The van der Waals surface area contributed by atoms with Gasteiger partial charge in [0.2, 0.25) is 6.71 Å². The lowest BCUT2D eigenvalue weighted by atomic mass is 9.33. The summed E-state index contributed by atoms with van der Waals surface area (Å²) in [5.41, 5.74) is 29.7. The first-order valence-corrected chi connectivity index (χ1v) is 28.0. The monoisotopic (exact) mass is 1010 g/mol. The van der Waals surface area contributed by atoms with E-state index in [9.17, 15) is 0 Å². The van der Waals surface area contributed by atoms with Crippen LogP contribution in [0.25, 0.3) is 117 Å². The van der Waals surface area contributed by atoms with Gasteiger partial charge in [0, 0.05) is 27.4 Å². The van der Waals surface area contributed by atoms with E-state index in [4.69, 9.17) is 0 Å². The molecule has 0 spiro atoms. The standard InChI is InChI=1S/C75H52BN.C2H6/c1-75(2)67-45-60(55-37-31-52(32-38-55)49-19-8-3-9-20-49)43-65-66-44-61(56-39-33-53(34-40-56)50-21-10-4-11-22-50)47-69-73(66)77(72(65)67)74-68(75)46-62(57-41-35-54(36-42-57)51-23-12-5-13-24-51)48-70(74)76(69)71-63(58-25-14-6-15-26-58)29-18-30-64(71)59-27-16-7-17-28-59;1-2/h3-48H,1-2H3;1-2H3. The van der Waals surface area contributed by atoms with Crippen LogP contribution in [0.4, 0.5) is 0 Å². The first-order valence-electron chi connectivity index (χ1n) is 28.0. The Morgan fingerprint density at radius 2 is 0.595 bits per heavy atom. The molecule has 3 heterocycles. The van der Waals surface area contributed by atoms with Crippen LogP contribution in [-0.4, -0.2) is 11.3 Å². The SMILES string of the molecule is CC.CC1(C)c2cc(-c3ccc(-c4ccccc4)cc3)cc3c2-n2c4c(cc(-c5ccc(-c6ccccc6)cc5)cc4c4cc(-c5ccc(-c6ccccc6)cc5)cc1c42)B3c1c(-c2ccccc2)cccc1-c1ccccc1. The van der Waals surface area contributed by atoms with Gasteiger partial charge in [-0.05, 0) is 135 Å². The molecule has 0 fully saturated rings. The summed E-state index contributed by atoms with van der Waals surface area (Å²) < 4.78 is 2.70. The highest BCUT2D eigenvalue weighted by atomic mass is 15.0. The van der Waals surface area contributed by atoms with Crippen molar-refractivity contribution in [3.05, 3.63) is 290 Å². The first kappa shape index (κ1) is 47.9. The van der Waals surface area contributed by atoms with Crippen LogP contribution < -0.4 is 16.4 Å². The summed E-state index contributed by atoms with van der Waals surface area (Å²) >= 11 is 0. The van der Waals surface area contributed by atoms with E-state index >= 15 is 0 Å². The van der Waals surface area contributed by atoms with Crippen molar-refractivity contribution in [2.45, 2.75) is 33.1 Å². The molecule has 2 heteroatoms. The Labute approximate surface area is 464 Å². The van der Waals surface area contributed by atoms with Crippen molar-refractivity contribution in [1.82, 2.24) is 4.57 Å². The topological polar surface area (TPSA) is 4.93 Å². The molecule has 0 atom stereocenters. The maximum Gasteiger partial charge on any atom is 0.248 e. The predicted octanol–water partition coefficient (Wildman–Crippen LogP) is 18.6. The molecule has 374 valence electrons. The fraction of sp³-hybridized carbons (Fsp3) is 0.0649. The van der Waals surface area contributed by atoms with Crippen molar-refractivity contribution >= 4 is 44.9 Å². The Morgan fingerprint density at radius 1 is 0.278 bits per heavy atom. The van der Waals surface area contributed by atoms with E-state index in [0.29, 0.717) is 0 Å². The Morgan fingerprint density at radius 3 is 1.01 bits per heavy atom. The van der Waals surface area contributed by atoms with Gasteiger partial charge in [-0.25, -0.2) is 0 Å². The molecular formula is C77H58BN. The largest absolute Gasteiger partial charge is 0.310 e. The summed E-state index contributed by atoms with van der Waals surface area (Å²) in [6, 6.07) is 104. The molecule has 0 unspecified atom stereocenters. The van der Waals surface area contributed by atoms with Crippen molar-refractivity contribution < 1.29 is 0 Å². The van der Waals surface area contributed by atoms with Crippen molar-refractivity contribution in [3.8, 4) is 94.7 Å². The molecular weight excluding hydrogens is 950 g/mol. The van der Waals surface area contributed by atoms with Crippen LogP contribution in [-0.2, 0) is 5.41 Å². The first-order chi connectivity index (χ1) is 38.9. The zero-order chi connectivity index (χ0) is 53.2. The normalized spacial score (nSPS) is 12.6. The van der Waals surface area contributed by atoms with Gasteiger partial charge in [0.25, 0.3) is 0 Å². The van der Waals surface area contributed by atoms with Gasteiger partial charge < -0.3 is 4.57 Å². The summed E-state index contributed by atoms with van der Waals surface area (Å²) in [6.07, 6.45) is 0. The lowest BCUT2D eigenvalue weighted by Gasteiger charge is -2.40. The van der Waals surface area contributed by atoms with E-state index < -0.39 is 0 Å². The van der Waals surface area contributed by atoms with Gasteiger partial charge in [-0.2, -0.15) is 0 Å². The fourth-order valence-corrected chi connectivity index (χ4v) is 13.0. The number of benzene rings is 12. The van der Waals surface area contributed by atoms with Gasteiger partial charge in [-0.3, -0.25) is 0 Å². The van der Waals surface area contributed by atoms with E-state index in [1.807, 2.05) is 13.8 Å². The van der Waals surface area contributed by atoms with Crippen molar-refractivity contribution in [2.24, 2.45) is 0 Å². The number of fused-ring (bicyclic) bond motifs is 1. The zero-order valence-electron chi connectivity index (χ0n) is 45.1. The maximum absolute atomic E-state index is 2.70. The van der Waals surface area contributed by atoms with Crippen LogP contribution in [0.3, 0.4) is 0 Å². The van der Waals surface area contributed by atoms with Crippen molar-refractivity contribution in [2.75, 3.05) is 0 Å². The molecule has 0 saturated heterocycles.